The average molecular weight is 294 g/mol. The summed E-state index contributed by atoms with van der Waals surface area (Å²) in [5.74, 6) is 0.615. The molecule has 2 amide bonds. The third-order valence-electron chi connectivity index (χ3n) is 4.29. The molecule has 0 radical (unpaired) electrons. The average Bonchev–Trinajstić information content (AvgIpc) is 2.47. The first-order valence-electron chi connectivity index (χ1n) is 8.20. The molecular formula is C17H30N2O2. The monoisotopic (exact) mass is 294 g/mol. The first kappa shape index (κ1) is 17.7. The second-order valence-corrected chi connectivity index (χ2v) is 6.16. The van der Waals surface area contributed by atoms with E-state index in [4.69, 9.17) is 0 Å². The minimum atomic E-state index is -0.388. The number of allylic oxidation sites excluding steroid dienone is 2. The predicted octanol–water partition coefficient (Wildman–Crippen LogP) is 2.89. The molecular weight excluding hydrogens is 264 g/mol. The van der Waals surface area contributed by atoms with Gasteiger partial charge in [-0.25, -0.2) is 0 Å². The van der Waals surface area contributed by atoms with Crippen LogP contribution in [0.1, 0.15) is 58.8 Å². The smallest absolute Gasteiger partial charge is 0.242 e. The lowest BCUT2D eigenvalue weighted by atomic mass is 10.0. The van der Waals surface area contributed by atoms with Crippen LogP contribution in [-0.4, -0.2) is 36.3 Å². The van der Waals surface area contributed by atoms with Gasteiger partial charge in [-0.05, 0) is 51.4 Å². The van der Waals surface area contributed by atoms with E-state index in [2.05, 4.69) is 24.4 Å². The normalized spacial score (nSPS) is 27.5. The van der Waals surface area contributed by atoms with Crippen molar-refractivity contribution in [3.63, 3.8) is 0 Å². The van der Waals surface area contributed by atoms with Crippen molar-refractivity contribution in [2.24, 2.45) is 5.92 Å². The predicted molar refractivity (Wildman–Crippen MR) is 85.9 cm³/mol. The summed E-state index contributed by atoms with van der Waals surface area (Å²) in [5, 5.41) is 2.94. The minimum absolute atomic E-state index is 0.0509. The van der Waals surface area contributed by atoms with Crippen molar-refractivity contribution in [3.05, 3.63) is 12.2 Å². The number of likely N-dealkylation sites (N-methyl/N-ethyl adjacent to an activating group) is 1. The molecule has 120 valence electrons. The number of carbonyl (C=O) groups excluding carboxylic acids is 2. The highest BCUT2D eigenvalue weighted by molar-refractivity contribution is 5.87. The zero-order chi connectivity index (χ0) is 15.7. The van der Waals surface area contributed by atoms with E-state index in [9.17, 15) is 9.59 Å². The molecule has 1 aliphatic rings. The Morgan fingerprint density at radius 2 is 1.81 bits per heavy atom. The number of nitrogens with one attached hydrogen (secondary N) is 1. The van der Waals surface area contributed by atoms with Gasteiger partial charge in [0.1, 0.15) is 6.04 Å². The number of rotatable bonds is 0. The van der Waals surface area contributed by atoms with Crippen LogP contribution in [0.3, 0.4) is 0 Å². The molecule has 0 fully saturated rings. The molecule has 4 heteroatoms. The second-order valence-electron chi connectivity index (χ2n) is 6.16. The number of hydrogen-bond acceptors (Lipinski definition) is 2. The summed E-state index contributed by atoms with van der Waals surface area (Å²) in [4.78, 5) is 25.7. The van der Waals surface area contributed by atoms with Crippen molar-refractivity contribution >= 4 is 11.8 Å². The number of amides is 2. The summed E-state index contributed by atoms with van der Waals surface area (Å²) in [6.07, 6.45) is 11.2. The lowest BCUT2D eigenvalue weighted by Crippen LogP contribution is -2.46. The molecule has 0 aromatic carbocycles. The second kappa shape index (κ2) is 9.59. The minimum Gasteiger partial charge on any atom is -0.354 e. The first-order chi connectivity index (χ1) is 10.0. The van der Waals surface area contributed by atoms with Crippen LogP contribution in [0, 0.1) is 5.92 Å². The molecule has 2 unspecified atom stereocenters. The fraction of sp³-hybridized carbons (Fsp3) is 0.765. The Bertz CT molecular complexity index is 366. The highest BCUT2D eigenvalue weighted by Crippen LogP contribution is 2.12. The van der Waals surface area contributed by atoms with E-state index in [1.54, 1.807) is 18.9 Å². The van der Waals surface area contributed by atoms with Gasteiger partial charge in [-0.2, -0.15) is 0 Å². The van der Waals surface area contributed by atoms with Gasteiger partial charge in [0.2, 0.25) is 11.8 Å². The summed E-state index contributed by atoms with van der Waals surface area (Å²) in [5.41, 5.74) is 0. The molecule has 0 saturated heterocycles. The molecule has 0 aliphatic carbocycles. The van der Waals surface area contributed by atoms with Crippen LogP contribution in [0.5, 0.6) is 0 Å². The summed E-state index contributed by atoms with van der Waals surface area (Å²) in [6.45, 7) is 4.71. The fourth-order valence-corrected chi connectivity index (χ4v) is 2.46. The summed E-state index contributed by atoms with van der Waals surface area (Å²) in [6, 6.07) is -0.388. The maximum absolute atomic E-state index is 12.1. The van der Waals surface area contributed by atoms with Crippen molar-refractivity contribution in [2.75, 3.05) is 13.6 Å². The van der Waals surface area contributed by atoms with Crippen molar-refractivity contribution in [1.29, 1.82) is 0 Å². The Morgan fingerprint density at radius 1 is 1.10 bits per heavy atom. The van der Waals surface area contributed by atoms with Crippen LogP contribution < -0.4 is 5.32 Å². The highest BCUT2D eigenvalue weighted by atomic mass is 16.2. The molecule has 1 rings (SSSR count). The number of hydrogen-bond donors (Lipinski definition) is 1. The lowest BCUT2D eigenvalue weighted by molar-refractivity contribution is -0.138. The van der Waals surface area contributed by atoms with E-state index in [0.717, 1.165) is 32.1 Å². The van der Waals surface area contributed by atoms with E-state index in [1.807, 2.05) is 0 Å². The van der Waals surface area contributed by atoms with Crippen LogP contribution in [-0.2, 0) is 9.59 Å². The fourth-order valence-electron chi connectivity index (χ4n) is 2.46. The number of carbonyl (C=O) groups is 2. The Balaban J connectivity index is 2.58. The van der Waals surface area contributed by atoms with E-state index in [-0.39, 0.29) is 17.9 Å². The van der Waals surface area contributed by atoms with Gasteiger partial charge in [-0.15, -0.1) is 0 Å². The lowest BCUT2D eigenvalue weighted by Gasteiger charge is -2.24. The van der Waals surface area contributed by atoms with Crippen molar-refractivity contribution in [1.82, 2.24) is 10.2 Å². The maximum atomic E-state index is 12.1. The Labute approximate surface area is 129 Å². The summed E-state index contributed by atoms with van der Waals surface area (Å²) in [7, 11) is 1.72. The van der Waals surface area contributed by atoms with Gasteiger partial charge in [0, 0.05) is 20.0 Å². The SMILES string of the molecule is CC1CCC=CCCCCC(=O)N(C)C(C)C(=O)NCC1. The van der Waals surface area contributed by atoms with Crippen molar-refractivity contribution < 1.29 is 9.59 Å². The highest BCUT2D eigenvalue weighted by Gasteiger charge is 2.21. The van der Waals surface area contributed by atoms with Gasteiger partial charge in [0.25, 0.3) is 0 Å². The summed E-state index contributed by atoms with van der Waals surface area (Å²) >= 11 is 0. The molecule has 4 nitrogen and oxygen atoms in total. The zero-order valence-electron chi connectivity index (χ0n) is 13.7. The van der Waals surface area contributed by atoms with Gasteiger partial charge < -0.3 is 10.2 Å². The maximum Gasteiger partial charge on any atom is 0.242 e. The molecule has 0 aromatic heterocycles. The zero-order valence-corrected chi connectivity index (χ0v) is 13.7. The Morgan fingerprint density at radius 3 is 2.57 bits per heavy atom. The van der Waals surface area contributed by atoms with E-state index >= 15 is 0 Å². The summed E-state index contributed by atoms with van der Waals surface area (Å²) < 4.78 is 0. The van der Waals surface area contributed by atoms with Gasteiger partial charge >= 0.3 is 0 Å². The number of nitrogens with zero attached hydrogens (tertiary/aromatic N) is 1. The van der Waals surface area contributed by atoms with Gasteiger partial charge in [0.15, 0.2) is 0 Å². The standard InChI is InChI=1S/C17H30N2O2/c1-14-10-8-6-4-5-7-9-11-16(20)19(3)15(2)17(21)18-13-12-14/h4,6,14-15H,5,7-13H2,1-3H3,(H,18,21). The van der Waals surface area contributed by atoms with E-state index in [1.165, 1.54) is 6.42 Å². The molecule has 1 N–H and O–H groups in total. The molecule has 1 heterocycles. The van der Waals surface area contributed by atoms with Gasteiger partial charge in [0.05, 0.1) is 0 Å². The van der Waals surface area contributed by atoms with Crippen LogP contribution in [0.25, 0.3) is 0 Å². The van der Waals surface area contributed by atoms with Crippen LogP contribution in [0.2, 0.25) is 0 Å². The van der Waals surface area contributed by atoms with Crippen molar-refractivity contribution in [2.45, 2.75) is 64.8 Å². The Hall–Kier alpha value is -1.32. The molecule has 1 aliphatic heterocycles. The van der Waals surface area contributed by atoms with E-state index < -0.39 is 0 Å². The molecule has 2 atom stereocenters. The molecule has 0 saturated carbocycles. The van der Waals surface area contributed by atoms with Crippen LogP contribution in [0.4, 0.5) is 0 Å². The topological polar surface area (TPSA) is 49.4 Å². The molecule has 0 spiro atoms. The van der Waals surface area contributed by atoms with Gasteiger partial charge in [-0.3, -0.25) is 9.59 Å². The Kier molecular flexibility index (Phi) is 8.09. The third-order valence-corrected chi connectivity index (χ3v) is 4.29. The molecule has 0 aromatic rings. The molecule has 21 heavy (non-hydrogen) atoms. The largest absolute Gasteiger partial charge is 0.354 e. The third kappa shape index (κ3) is 6.78. The van der Waals surface area contributed by atoms with Crippen molar-refractivity contribution in [3.8, 4) is 0 Å². The van der Waals surface area contributed by atoms with Crippen LogP contribution >= 0.6 is 0 Å². The van der Waals surface area contributed by atoms with Gasteiger partial charge in [-0.1, -0.05) is 19.1 Å². The quantitative estimate of drug-likeness (QED) is 0.698. The first-order valence-corrected chi connectivity index (χ1v) is 8.20. The molecule has 0 bridgehead atoms. The van der Waals surface area contributed by atoms with Crippen LogP contribution in [0.15, 0.2) is 12.2 Å². The van der Waals surface area contributed by atoms with E-state index in [0.29, 0.717) is 18.9 Å².